The van der Waals surface area contributed by atoms with Crippen molar-refractivity contribution < 1.29 is 31.1 Å². The molecule has 2 aromatic carbocycles. The fraction of sp³-hybridized carbons (Fsp3) is 0.182. The number of rotatable bonds is 5. The summed E-state index contributed by atoms with van der Waals surface area (Å²) in [5.41, 5.74) is -1.98. The summed E-state index contributed by atoms with van der Waals surface area (Å²) in [6.45, 7) is 0.0388. The van der Waals surface area contributed by atoms with E-state index in [0.717, 1.165) is 42.6 Å². The molecular weight excluding hydrogens is 472 g/mol. The first-order valence-electron chi connectivity index (χ1n) is 9.43. The van der Waals surface area contributed by atoms with E-state index in [0.29, 0.717) is 10.6 Å². The molecule has 0 aliphatic carbocycles. The Morgan fingerprint density at radius 1 is 0.909 bits per heavy atom. The lowest BCUT2D eigenvalue weighted by Crippen LogP contribution is -2.39. The van der Waals surface area contributed by atoms with Gasteiger partial charge in [0.05, 0.1) is 22.9 Å². The summed E-state index contributed by atoms with van der Waals surface area (Å²) in [4.78, 5) is 16.3. The molecule has 0 fully saturated rings. The van der Waals surface area contributed by atoms with Crippen molar-refractivity contribution in [1.29, 1.82) is 0 Å². The number of alkyl halides is 6. The molecular formula is C22H16ClF6N3O. The van der Waals surface area contributed by atoms with Gasteiger partial charge in [0.15, 0.2) is 0 Å². The van der Waals surface area contributed by atoms with Gasteiger partial charge in [0.1, 0.15) is 0 Å². The van der Waals surface area contributed by atoms with Crippen molar-refractivity contribution in [2.24, 2.45) is 0 Å². The van der Waals surface area contributed by atoms with E-state index in [4.69, 9.17) is 11.6 Å². The minimum atomic E-state index is -4.80. The van der Waals surface area contributed by atoms with E-state index < -0.39 is 41.2 Å². The summed E-state index contributed by atoms with van der Waals surface area (Å²) >= 11 is 5.80. The van der Waals surface area contributed by atoms with Crippen molar-refractivity contribution >= 4 is 17.6 Å². The Hall–Kier alpha value is -3.27. The highest BCUT2D eigenvalue weighted by atomic mass is 35.5. The van der Waals surface area contributed by atoms with E-state index in [9.17, 15) is 31.1 Å². The summed E-state index contributed by atoms with van der Waals surface area (Å²) in [6, 6.07) is 9.53. The number of hydrogen-bond acceptors (Lipinski definition) is 2. The van der Waals surface area contributed by atoms with Crippen LogP contribution in [-0.2, 0) is 18.9 Å². The van der Waals surface area contributed by atoms with Gasteiger partial charge in [-0.25, -0.2) is 4.79 Å². The maximum absolute atomic E-state index is 13.6. The fourth-order valence-electron chi connectivity index (χ4n) is 3.03. The maximum atomic E-state index is 13.6. The number of carbonyl (C=O) groups is 1. The fourth-order valence-corrected chi connectivity index (χ4v) is 3.15. The number of urea groups is 1. The molecule has 33 heavy (non-hydrogen) atoms. The number of hydrogen-bond donors (Lipinski definition) is 2. The maximum Gasteiger partial charge on any atom is 0.418 e. The molecule has 3 rings (SSSR count). The van der Waals surface area contributed by atoms with Crippen LogP contribution in [0.5, 0.6) is 0 Å². The normalized spacial score (nSPS) is 12.8. The van der Waals surface area contributed by atoms with Crippen molar-refractivity contribution in [3.05, 3.63) is 99.8 Å². The van der Waals surface area contributed by atoms with Gasteiger partial charge in [-0.15, -0.1) is 0 Å². The highest BCUT2D eigenvalue weighted by molar-refractivity contribution is 6.30. The highest BCUT2D eigenvalue weighted by Crippen LogP contribution is 2.36. The molecule has 0 bridgehead atoms. The van der Waals surface area contributed by atoms with Crippen molar-refractivity contribution in [2.75, 3.05) is 0 Å². The molecule has 0 radical (unpaired) electrons. The average molecular weight is 488 g/mol. The third-order valence-corrected chi connectivity index (χ3v) is 4.88. The monoisotopic (exact) mass is 487 g/mol. The van der Waals surface area contributed by atoms with Gasteiger partial charge in [0, 0.05) is 17.8 Å². The van der Waals surface area contributed by atoms with Gasteiger partial charge < -0.3 is 10.6 Å². The third kappa shape index (κ3) is 6.38. The molecule has 0 spiro atoms. The van der Waals surface area contributed by atoms with Gasteiger partial charge in [-0.2, -0.15) is 26.3 Å². The van der Waals surface area contributed by atoms with Crippen molar-refractivity contribution in [3.63, 3.8) is 0 Å². The Bertz CT molecular complexity index is 1100. The highest BCUT2D eigenvalue weighted by Gasteiger charge is 2.37. The zero-order chi connectivity index (χ0) is 24.2. The summed E-state index contributed by atoms with van der Waals surface area (Å²) in [5.74, 6) is 0. The topological polar surface area (TPSA) is 54.0 Å². The Morgan fingerprint density at radius 2 is 1.55 bits per heavy atom. The Morgan fingerprint density at radius 3 is 2.12 bits per heavy atom. The predicted octanol–water partition coefficient (Wildman–Crippen LogP) is 6.36. The number of nitrogens with zero attached hydrogens (tertiary/aromatic N) is 1. The number of aromatic nitrogens is 1. The summed E-state index contributed by atoms with van der Waals surface area (Å²) in [6.07, 6.45) is -8.32. The predicted molar refractivity (Wildman–Crippen MR) is 109 cm³/mol. The lowest BCUT2D eigenvalue weighted by atomic mass is 9.98. The summed E-state index contributed by atoms with van der Waals surface area (Å²) < 4.78 is 79.4. The molecule has 4 nitrogen and oxygen atoms in total. The molecule has 3 aromatic rings. The minimum Gasteiger partial charge on any atom is -0.334 e. The Labute approximate surface area is 189 Å². The molecule has 11 heteroatoms. The van der Waals surface area contributed by atoms with Gasteiger partial charge in [-0.3, -0.25) is 4.98 Å². The van der Waals surface area contributed by atoms with Crippen LogP contribution in [0.15, 0.2) is 66.9 Å². The molecule has 1 atom stereocenters. The molecule has 0 saturated heterocycles. The lowest BCUT2D eigenvalue weighted by Gasteiger charge is -2.23. The molecule has 0 aliphatic heterocycles. The van der Waals surface area contributed by atoms with E-state index >= 15 is 0 Å². The second-order valence-corrected chi connectivity index (χ2v) is 7.38. The first kappa shape index (κ1) is 24.4. The molecule has 174 valence electrons. The molecule has 1 aromatic heterocycles. The van der Waals surface area contributed by atoms with Crippen LogP contribution < -0.4 is 10.6 Å². The third-order valence-electron chi connectivity index (χ3n) is 4.63. The smallest absolute Gasteiger partial charge is 0.334 e. The van der Waals surface area contributed by atoms with Crippen LogP contribution in [0.25, 0.3) is 0 Å². The van der Waals surface area contributed by atoms with E-state index in [2.05, 4.69) is 15.6 Å². The number of carbonyl (C=O) groups excluding carboxylic acids is 1. The van der Waals surface area contributed by atoms with Crippen LogP contribution in [0.3, 0.4) is 0 Å². The lowest BCUT2D eigenvalue weighted by molar-refractivity contribution is -0.139. The van der Waals surface area contributed by atoms with E-state index in [1.54, 1.807) is 24.3 Å². The average Bonchev–Trinajstić information content (AvgIpc) is 2.76. The van der Waals surface area contributed by atoms with Crippen LogP contribution >= 0.6 is 11.6 Å². The van der Waals surface area contributed by atoms with Gasteiger partial charge >= 0.3 is 18.4 Å². The zero-order valence-corrected chi connectivity index (χ0v) is 17.4. The van der Waals surface area contributed by atoms with Crippen LogP contribution in [0.1, 0.15) is 34.0 Å². The van der Waals surface area contributed by atoms with Crippen LogP contribution in [0.2, 0.25) is 5.02 Å². The van der Waals surface area contributed by atoms with E-state index in [1.807, 2.05) is 0 Å². The van der Waals surface area contributed by atoms with Crippen molar-refractivity contribution in [2.45, 2.75) is 24.9 Å². The molecule has 0 unspecified atom stereocenters. The van der Waals surface area contributed by atoms with Gasteiger partial charge in [0.2, 0.25) is 0 Å². The number of pyridine rings is 1. The first-order valence-corrected chi connectivity index (χ1v) is 9.81. The Kier molecular flexibility index (Phi) is 7.16. The second kappa shape index (κ2) is 9.70. The van der Waals surface area contributed by atoms with Crippen LogP contribution in [0, 0.1) is 0 Å². The molecule has 2 N–H and O–H groups in total. The van der Waals surface area contributed by atoms with Gasteiger partial charge in [-0.05, 0) is 47.5 Å². The van der Waals surface area contributed by atoms with Gasteiger partial charge in [-0.1, -0.05) is 35.9 Å². The summed E-state index contributed by atoms with van der Waals surface area (Å²) in [5, 5.41) is 5.37. The standard InChI is InChI=1S/C22H16ClF6N3O/c23-16-9-3-13(4-10-16)12-31-20(33)32-18(14-5-7-15(8-6-14)21(24,25)26)19-17(22(27,28)29)2-1-11-30-19/h1-11,18H,12H2,(H2,31,32,33)/t18-/m0/s1. The van der Waals surface area contributed by atoms with Crippen LogP contribution in [0.4, 0.5) is 31.1 Å². The minimum absolute atomic E-state index is 0.00570. The van der Waals surface area contributed by atoms with E-state index in [-0.39, 0.29) is 12.1 Å². The van der Waals surface area contributed by atoms with Crippen LogP contribution in [-0.4, -0.2) is 11.0 Å². The zero-order valence-electron chi connectivity index (χ0n) is 16.6. The SMILES string of the molecule is O=C(NCc1ccc(Cl)cc1)N[C@@H](c1ccc(C(F)(F)F)cc1)c1ncccc1C(F)(F)F. The summed E-state index contributed by atoms with van der Waals surface area (Å²) in [7, 11) is 0. The van der Waals surface area contributed by atoms with Crippen molar-refractivity contribution in [1.82, 2.24) is 15.6 Å². The first-order chi connectivity index (χ1) is 15.4. The molecule has 0 saturated carbocycles. The number of halogens is 7. The molecule has 0 aliphatic rings. The quantitative estimate of drug-likeness (QED) is 0.411. The number of benzene rings is 2. The van der Waals surface area contributed by atoms with E-state index in [1.165, 1.54) is 0 Å². The van der Waals surface area contributed by atoms with Gasteiger partial charge in [0.25, 0.3) is 0 Å². The molecule has 2 amide bonds. The molecule has 1 heterocycles. The second-order valence-electron chi connectivity index (χ2n) is 6.94. The van der Waals surface area contributed by atoms with Crippen molar-refractivity contribution in [3.8, 4) is 0 Å². The number of nitrogens with one attached hydrogen (secondary N) is 2. The number of amides is 2. The largest absolute Gasteiger partial charge is 0.418 e. The Balaban J connectivity index is 1.91.